The van der Waals surface area contributed by atoms with Gasteiger partial charge in [0.25, 0.3) is 11.8 Å². The fourth-order valence-electron chi connectivity index (χ4n) is 3.61. The predicted octanol–water partition coefficient (Wildman–Crippen LogP) is 3.00. The van der Waals surface area contributed by atoms with Crippen LogP contribution in [0.4, 0.5) is 0 Å². The third-order valence-electron chi connectivity index (χ3n) is 5.22. The van der Waals surface area contributed by atoms with Gasteiger partial charge in [0.15, 0.2) is 12.0 Å². The fraction of sp³-hybridized carbons (Fsp3) is 0.160. The van der Waals surface area contributed by atoms with Gasteiger partial charge in [0.1, 0.15) is 12.3 Å². The van der Waals surface area contributed by atoms with Gasteiger partial charge >= 0.3 is 0 Å². The minimum Gasteiger partial charge on any atom is -0.483 e. The number of pyridine rings is 1. The lowest BCUT2D eigenvalue weighted by molar-refractivity contribution is -0.130. The first-order valence-electron chi connectivity index (χ1n) is 10.2. The molecule has 0 radical (unpaired) electrons. The van der Waals surface area contributed by atoms with Crippen LogP contribution in [-0.4, -0.2) is 23.0 Å². The van der Waals surface area contributed by atoms with Crippen molar-refractivity contribution in [3.63, 3.8) is 0 Å². The van der Waals surface area contributed by atoms with E-state index in [-0.39, 0.29) is 18.6 Å². The Morgan fingerprint density at radius 1 is 0.844 bits per heavy atom. The van der Waals surface area contributed by atoms with Crippen LogP contribution in [0.2, 0.25) is 0 Å². The highest BCUT2D eigenvalue weighted by molar-refractivity contribution is 5.95. The number of aryl methyl sites for hydroxylation is 2. The topological polar surface area (TPSA) is 89.4 Å². The number of rotatable bonds is 5. The minimum absolute atomic E-state index is 0.0700. The molecule has 0 saturated carbocycles. The third kappa shape index (κ3) is 4.32. The summed E-state index contributed by atoms with van der Waals surface area (Å²) in [6, 6.07) is 20.0. The zero-order chi connectivity index (χ0) is 22.7. The van der Waals surface area contributed by atoms with Gasteiger partial charge < -0.3 is 9.30 Å². The lowest BCUT2D eigenvalue weighted by Crippen LogP contribution is -2.45. The van der Waals surface area contributed by atoms with Gasteiger partial charge in [-0.05, 0) is 55.3 Å². The first kappa shape index (κ1) is 21.1. The first-order chi connectivity index (χ1) is 15.4. The number of hydrazine groups is 1. The molecule has 2 amide bonds. The van der Waals surface area contributed by atoms with Gasteiger partial charge in [-0.15, -0.1) is 0 Å². The maximum Gasteiger partial charge on any atom is 0.276 e. The van der Waals surface area contributed by atoms with E-state index in [2.05, 4.69) is 10.9 Å². The third-order valence-corrected chi connectivity index (χ3v) is 5.22. The van der Waals surface area contributed by atoms with Gasteiger partial charge in [-0.3, -0.25) is 25.2 Å². The molecule has 4 aromatic rings. The zero-order valence-corrected chi connectivity index (χ0v) is 17.8. The largest absolute Gasteiger partial charge is 0.483 e. The predicted molar refractivity (Wildman–Crippen MR) is 123 cm³/mol. The van der Waals surface area contributed by atoms with E-state index >= 15 is 0 Å². The van der Waals surface area contributed by atoms with E-state index in [9.17, 15) is 14.4 Å². The van der Waals surface area contributed by atoms with Gasteiger partial charge in [-0.25, -0.2) is 0 Å². The Balaban J connectivity index is 1.46. The van der Waals surface area contributed by atoms with Crippen LogP contribution in [0.5, 0.6) is 5.75 Å². The lowest BCUT2D eigenvalue weighted by Gasteiger charge is -2.15. The molecule has 4 rings (SSSR count). The first-order valence-corrected chi connectivity index (χ1v) is 10.2. The minimum atomic E-state index is -0.478. The van der Waals surface area contributed by atoms with E-state index in [0.717, 1.165) is 11.1 Å². The summed E-state index contributed by atoms with van der Waals surface area (Å²) in [5.74, 6) is -0.282. The van der Waals surface area contributed by atoms with E-state index in [0.29, 0.717) is 27.6 Å². The Labute approximate surface area is 184 Å². The molecule has 0 bridgehead atoms. The maximum absolute atomic E-state index is 12.8. The van der Waals surface area contributed by atoms with Crippen LogP contribution in [0.15, 0.2) is 71.5 Å². The number of hydrogen-bond acceptors (Lipinski definition) is 4. The molecule has 1 heterocycles. The van der Waals surface area contributed by atoms with Crippen molar-refractivity contribution in [2.75, 3.05) is 6.61 Å². The molecule has 7 nitrogen and oxygen atoms in total. The summed E-state index contributed by atoms with van der Waals surface area (Å²) in [7, 11) is 0. The van der Waals surface area contributed by atoms with E-state index in [1.54, 1.807) is 41.0 Å². The smallest absolute Gasteiger partial charge is 0.276 e. The number of nitrogens with zero attached hydrogens (tertiary/aromatic N) is 1. The van der Waals surface area contributed by atoms with Crippen molar-refractivity contribution in [1.82, 2.24) is 15.4 Å². The van der Waals surface area contributed by atoms with Gasteiger partial charge in [-0.2, -0.15) is 0 Å². The summed E-state index contributed by atoms with van der Waals surface area (Å²) in [4.78, 5) is 37.5. The molecule has 0 saturated heterocycles. The maximum atomic E-state index is 12.8. The number of carbonyl (C=O) groups excluding carboxylic acids is 2. The van der Waals surface area contributed by atoms with Crippen LogP contribution in [0.25, 0.3) is 21.8 Å². The molecule has 162 valence electrons. The fourth-order valence-corrected chi connectivity index (χ4v) is 3.61. The molecule has 0 atom stereocenters. The second kappa shape index (κ2) is 8.93. The van der Waals surface area contributed by atoms with Gasteiger partial charge in [0, 0.05) is 10.8 Å². The molecule has 7 heteroatoms. The number of hydrogen-bond donors (Lipinski definition) is 2. The lowest BCUT2D eigenvalue weighted by atomic mass is 10.1. The molecule has 0 aliphatic carbocycles. The zero-order valence-electron chi connectivity index (χ0n) is 17.8. The van der Waals surface area contributed by atoms with Gasteiger partial charge in [0.2, 0.25) is 0 Å². The van der Waals surface area contributed by atoms with Crippen LogP contribution < -0.4 is 21.0 Å². The number of nitrogens with one attached hydrogen (secondary N) is 2. The van der Waals surface area contributed by atoms with Gasteiger partial charge in [0.05, 0.1) is 11.0 Å². The van der Waals surface area contributed by atoms with Crippen LogP contribution in [0.1, 0.15) is 11.1 Å². The summed E-state index contributed by atoms with van der Waals surface area (Å²) in [6.07, 6.45) is 0. The average Bonchev–Trinajstić information content (AvgIpc) is 2.81. The quantitative estimate of drug-likeness (QED) is 0.377. The Kier molecular flexibility index (Phi) is 5.89. The number of carbonyl (C=O) groups is 2. The molecule has 0 spiro atoms. The van der Waals surface area contributed by atoms with Crippen molar-refractivity contribution < 1.29 is 14.3 Å². The SMILES string of the molecule is Cc1ccc(C)c(OCC(=O)NNC(=O)Cn2c3ccccc3c(=O)c3ccccc32)c1. The van der Waals surface area contributed by atoms with Gasteiger partial charge in [-0.1, -0.05) is 36.4 Å². The standard InChI is InChI=1S/C25H23N3O4/c1-16-11-12-17(2)22(13-16)32-15-24(30)27-26-23(29)14-28-20-9-5-3-7-18(20)25(31)19-8-4-6-10-21(19)28/h3-13H,14-15H2,1-2H3,(H,26,29)(H,27,30). The number of benzene rings is 3. The molecular weight excluding hydrogens is 406 g/mol. The summed E-state index contributed by atoms with van der Waals surface area (Å²) < 4.78 is 7.32. The van der Waals surface area contributed by atoms with Crippen molar-refractivity contribution in [1.29, 1.82) is 0 Å². The Morgan fingerprint density at radius 3 is 2.09 bits per heavy atom. The highest BCUT2D eigenvalue weighted by Crippen LogP contribution is 2.20. The molecule has 3 aromatic carbocycles. The Bertz CT molecular complexity index is 1330. The second-order valence-corrected chi connectivity index (χ2v) is 7.60. The molecule has 32 heavy (non-hydrogen) atoms. The molecular formula is C25H23N3O4. The van der Waals surface area contributed by atoms with Crippen molar-refractivity contribution in [2.45, 2.75) is 20.4 Å². The second-order valence-electron chi connectivity index (χ2n) is 7.60. The van der Waals surface area contributed by atoms with Crippen molar-refractivity contribution in [2.24, 2.45) is 0 Å². The van der Waals surface area contributed by atoms with E-state index in [1.165, 1.54) is 0 Å². The van der Waals surface area contributed by atoms with Crippen molar-refractivity contribution in [3.8, 4) is 5.75 Å². The van der Waals surface area contributed by atoms with Crippen LogP contribution in [-0.2, 0) is 16.1 Å². The summed E-state index contributed by atoms with van der Waals surface area (Å²) in [6.45, 7) is 3.54. The Hall–Kier alpha value is -4.13. The molecule has 0 aliphatic rings. The molecule has 0 unspecified atom stereocenters. The molecule has 0 aliphatic heterocycles. The van der Waals surface area contributed by atoms with E-state index < -0.39 is 11.8 Å². The summed E-state index contributed by atoms with van der Waals surface area (Å²) >= 11 is 0. The Morgan fingerprint density at radius 2 is 1.44 bits per heavy atom. The van der Waals surface area contributed by atoms with E-state index in [4.69, 9.17) is 4.74 Å². The van der Waals surface area contributed by atoms with E-state index in [1.807, 2.05) is 44.2 Å². The number of ether oxygens (including phenoxy) is 1. The number of amides is 2. The average molecular weight is 429 g/mol. The number of fused-ring (bicyclic) bond motifs is 2. The molecule has 1 aromatic heterocycles. The monoisotopic (exact) mass is 429 g/mol. The van der Waals surface area contributed by atoms with Crippen LogP contribution in [0.3, 0.4) is 0 Å². The summed E-state index contributed by atoms with van der Waals surface area (Å²) in [5, 5.41) is 1.06. The number of aromatic nitrogens is 1. The highest BCUT2D eigenvalue weighted by atomic mass is 16.5. The molecule has 2 N–H and O–H groups in total. The van der Waals surface area contributed by atoms with Crippen LogP contribution in [0, 0.1) is 13.8 Å². The van der Waals surface area contributed by atoms with Crippen LogP contribution >= 0.6 is 0 Å². The van der Waals surface area contributed by atoms with Crippen molar-refractivity contribution in [3.05, 3.63) is 88.1 Å². The summed E-state index contributed by atoms with van der Waals surface area (Å²) in [5.41, 5.74) is 7.96. The normalized spacial score (nSPS) is 10.8. The number of para-hydroxylation sites is 2. The highest BCUT2D eigenvalue weighted by Gasteiger charge is 2.13. The van der Waals surface area contributed by atoms with Crippen molar-refractivity contribution >= 4 is 33.6 Å². The molecule has 0 fully saturated rings.